The molecule has 2 heterocycles. The van der Waals surface area contributed by atoms with E-state index in [1.165, 1.54) is 0 Å². The maximum atomic E-state index is 10.9. The number of hydrogen-bond acceptors (Lipinski definition) is 4. The number of aliphatic carboxylic acids is 1. The van der Waals surface area contributed by atoms with Crippen molar-refractivity contribution < 1.29 is 14.4 Å². The minimum absolute atomic E-state index is 0.359. The zero-order valence-electron chi connectivity index (χ0n) is 8.64. The topological polar surface area (TPSA) is 66.6 Å². The number of aryl methyl sites for hydroxylation is 1. The van der Waals surface area contributed by atoms with Crippen LogP contribution < -0.4 is 0 Å². The molecule has 0 saturated carbocycles. The Hall–Kier alpha value is -1.36. The van der Waals surface area contributed by atoms with Gasteiger partial charge < -0.3 is 9.63 Å². The Balaban J connectivity index is 2.02. The van der Waals surface area contributed by atoms with E-state index in [2.05, 4.69) is 5.16 Å². The van der Waals surface area contributed by atoms with E-state index in [-0.39, 0.29) is 6.04 Å². The molecular weight excluding hydrogens is 196 g/mol. The van der Waals surface area contributed by atoms with Crippen LogP contribution >= 0.6 is 0 Å². The molecule has 0 bridgehead atoms. The van der Waals surface area contributed by atoms with Gasteiger partial charge in [0.1, 0.15) is 11.8 Å². The van der Waals surface area contributed by atoms with Crippen LogP contribution in [0.1, 0.15) is 24.3 Å². The fourth-order valence-electron chi connectivity index (χ4n) is 2.00. The van der Waals surface area contributed by atoms with E-state index in [4.69, 9.17) is 9.63 Å². The van der Waals surface area contributed by atoms with Gasteiger partial charge in [0.15, 0.2) is 0 Å². The summed E-state index contributed by atoms with van der Waals surface area (Å²) >= 11 is 0. The fraction of sp³-hybridized carbons (Fsp3) is 0.600. The normalized spacial score (nSPS) is 22.1. The second kappa shape index (κ2) is 4.02. The second-order valence-corrected chi connectivity index (χ2v) is 3.90. The lowest BCUT2D eigenvalue weighted by Crippen LogP contribution is -2.35. The molecule has 1 unspecified atom stereocenters. The molecule has 0 aromatic carbocycles. The first kappa shape index (κ1) is 10.2. The van der Waals surface area contributed by atoms with Gasteiger partial charge in [-0.2, -0.15) is 0 Å². The minimum Gasteiger partial charge on any atom is -0.480 e. The van der Waals surface area contributed by atoms with Gasteiger partial charge in [0, 0.05) is 12.6 Å². The maximum Gasteiger partial charge on any atom is 0.320 e. The number of carbonyl (C=O) groups is 1. The summed E-state index contributed by atoms with van der Waals surface area (Å²) in [5.74, 6) is 0.0174. The van der Waals surface area contributed by atoms with Gasteiger partial charge >= 0.3 is 5.97 Å². The van der Waals surface area contributed by atoms with E-state index in [1.807, 2.05) is 17.9 Å². The van der Waals surface area contributed by atoms with E-state index >= 15 is 0 Å². The summed E-state index contributed by atoms with van der Waals surface area (Å²) in [4.78, 5) is 12.9. The van der Waals surface area contributed by atoms with Gasteiger partial charge in [-0.3, -0.25) is 9.69 Å². The molecule has 1 saturated heterocycles. The summed E-state index contributed by atoms with van der Waals surface area (Å²) in [5.41, 5.74) is 0.806. The molecule has 1 aromatic rings. The first-order valence-electron chi connectivity index (χ1n) is 5.06. The number of carboxylic acid groups (broad SMARTS) is 1. The standard InChI is InChI=1S/C10H14N2O3/c1-7-5-8(11-15-7)6-12-4-2-3-9(12)10(13)14/h5,9H,2-4,6H2,1H3,(H,13,14). The first-order valence-corrected chi connectivity index (χ1v) is 5.06. The first-order chi connectivity index (χ1) is 7.16. The molecule has 5 heteroatoms. The van der Waals surface area contributed by atoms with E-state index in [0.29, 0.717) is 6.54 Å². The van der Waals surface area contributed by atoms with E-state index in [1.54, 1.807) is 0 Å². The highest BCUT2D eigenvalue weighted by atomic mass is 16.5. The lowest BCUT2D eigenvalue weighted by atomic mass is 10.2. The number of carboxylic acids is 1. The summed E-state index contributed by atoms with van der Waals surface area (Å²) in [5, 5.41) is 12.8. The molecule has 0 spiro atoms. The van der Waals surface area contributed by atoms with Crippen LogP contribution in [0.2, 0.25) is 0 Å². The predicted molar refractivity (Wildman–Crippen MR) is 52.3 cm³/mol. The molecule has 1 aliphatic heterocycles. The zero-order valence-corrected chi connectivity index (χ0v) is 8.64. The van der Waals surface area contributed by atoms with Crippen molar-refractivity contribution in [2.24, 2.45) is 0 Å². The molecule has 0 radical (unpaired) electrons. The molecule has 1 N–H and O–H groups in total. The highest BCUT2D eigenvalue weighted by molar-refractivity contribution is 5.73. The number of aromatic nitrogens is 1. The van der Waals surface area contributed by atoms with Crippen LogP contribution in [0.25, 0.3) is 0 Å². The quantitative estimate of drug-likeness (QED) is 0.807. The molecule has 0 amide bonds. The second-order valence-electron chi connectivity index (χ2n) is 3.90. The predicted octanol–water partition coefficient (Wildman–Crippen LogP) is 1.03. The van der Waals surface area contributed by atoms with E-state index in [0.717, 1.165) is 30.8 Å². The Bertz CT molecular complexity index is 361. The van der Waals surface area contributed by atoms with Gasteiger partial charge in [-0.05, 0) is 26.3 Å². The van der Waals surface area contributed by atoms with Crippen LogP contribution in [0.15, 0.2) is 10.6 Å². The van der Waals surface area contributed by atoms with Crippen molar-refractivity contribution in [2.45, 2.75) is 32.4 Å². The van der Waals surface area contributed by atoms with Crippen molar-refractivity contribution in [2.75, 3.05) is 6.54 Å². The molecular formula is C10H14N2O3. The molecule has 0 aliphatic carbocycles. The third-order valence-electron chi connectivity index (χ3n) is 2.69. The van der Waals surface area contributed by atoms with E-state index in [9.17, 15) is 4.79 Å². The highest BCUT2D eigenvalue weighted by Gasteiger charge is 2.30. The number of likely N-dealkylation sites (tertiary alicyclic amines) is 1. The van der Waals surface area contributed by atoms with Crippen LogP contribution in [0, 0.1) is 6.92 Å². The Kier molecular flexibility index (Phi) is 2.73. The summed E-state index contributed by atoms with van der Waals surface area (Å²) < 4.78 is 4.95. The molecule has 5 nitrogen and oxygen atoms in total. The average molecular weight is 210 g/mol. The Morgan fingerprint density at radius 2 is 2.60 bits per heavy atom. The summed E-state index contributed by atoms with van der Waals surface area (Å²) in [6, 6.07) is 1.49. The molecule has 2 rings (SSSR count). The van der Waals surface area contributed by atoms with Gasteiger partial charge in [0.05, 0.1) is 5.69 Å². The molecule has 1 fully saturated rings. The van der Waals surface area contributed by atoms with Crippen molar-refractivity contribution in [1.29, 1.82) is 0 Å². The SMILES string of the molecule is Cc1cc(CN2CCCC2C(=O)O)no1. The third kappa shape index (κ3) is 2.18. The smallest absolute Gasteiger partial charge is 0.320 e. The van der Waals surface area contributed by atoms with Gasteiger partial charge in [0.25, 0.3) is 0 Å². The number of hydrogen-bond donors (Lipinski definition) is 1. The molecule has 1 atom stereocenters. The zero-order chi connectivity index (χ0) is 10.8. The fourth-order valence-corrected chi connectivity index (χ4v) is 2.00. The van der Waals surface area contributed by atoms with Gasteiger partial charge in [-0.25, -0.2) is 0 Å². The summed E-state index contributed by atoms with van der Waals surface area (Å²) in [6.07, 6.45) is 1.67. The Morgan fingerprint density at radius 1 is 1.80 bits per heavy atom. The largest absolute Gasteiger partial charge is 0.480 e. The van der Waals surface area contributed by atoms with Crippen molar-refractivity contribution in [3.63, 3.8) is 0 Å². The average Bonchev–Trinajstić information content (AvgIpc) is 2.75. The van der Waals surface area contributed by atoms with Gasteiger partial charge in [-0.15, -0.1) is 0 Å². The van der Waals surface area contributed by atoms with Crippen LogP contribution in [0.3, 0.4) is 0 Å². The summed E-state index contributed by atoms with van der Waals surface area (Å²) in [7, 11) is 0. The van der Waals surface area contributed by atoms with Gasteiger partial charge in [-0.1, -0.05) is 5.16 Å². The van der Waals surface area contributed by atoms with Crippen LogP contribution in [-0.2, 0) is 11.3 Å². The molecule has 15 heavy (non-hydrogen) atoms. The van der Waals surface area contributed by atoms with Crippen molar-refractivity contribution in [3.8, 4) is 0 Å². The maximum absolute atomic E-state index is 10.9. The van der Waals surface area contributed by atoms with Crippen molar-refractivity contribution >= 4 is 5.97 Å². The molecule has 1 aromatic heterocycles. The molecule has 1 aliphatic rings. The van der Waals surface area contributed by atoms with Gasteiger partial charge in [0.2, 0.25) is 0 Å². The molecule has 82 valence electrons. The third-order valence-corrected chi connectivity index (χ3v) is 2.69. The number of rotatable bonds is 3. The monoisotopic (exact) mass is 210 g/mol. The van der Waals surface area contributed by atoms with Crippen molar-refractivity contribution in [3.05, 3.63) is 17.5 Å². The Labute approximate surface area is 87.7 Å². The highest BCUT2D eigenvalue weighted by Crippen LogP contribution is 2.19. The minimum atomic E-state index is -0.743. The lowest BCUT2D eigenvalue weighted by molar-refractivity contribution is -0.142. The van der Waals surface area contributed by atoms with Crippen LogP contribution in [0.4, 0.5) is 0 Å². The van der Waals surface area contributed by atoms with Crippen molar-refractivity contribution in [1.82, 2.24) is 10.1 Å². The van der Waals surface area contributed by atoms with Crippen LogP contribution in [0.5, 0.6) is 0 Å². The van der Waals surface area contributed by atoms with E-state index < -0.39 is 5.97 Å². The number of nitrogens with zero attached hydrogens (tertiary/aromatic N) is 2. The van der Waals surface area contributed by atoms with Crippen LogP contribution in [-0.4, -0.2) is 33.7 Å². The summed E-state index contributed by atoms with van der Waals surface area (Å²) in [6.45, 7) is 3.21. The Morgan fingerprint density at radius 3 is 3.20 bits per heavy atom. The lowest BCUT2D eigenvalue weighted by Gasteiger charge is -2.19.